The summed E-state index contributed by atoms with van der Waals surface area (Å²) in [7, 11) is 3.36. The molecule has 6 nitrogen and oxygen atoms in total. The van der Waals surface area contributed by atoms with E-state index >= 15 is 0 Å². The van der Waals surface area contributed by atoms with Crippen LogP contribution in [-0.2, 0) is 11.3 Å². The summed E-state index contributed by atoms with van der Waals surface area (Å²) in [5.74, 6) is 2.70. The minimum absolute atomic E-state index is 0.330. The first-order valence-electron chi connectivity index (χ1n) is 12.6. The summed E-state index contributed by atoms with van der Waals surface area (Å²) in [6, 6.07) is 6.99. The third kappa shape index (κ3) is 6.61. The van der Waals surface area contributed by atoms with Crippen LogP contribution in [0.4, 0.5) is 0 Å². The normalized spacial score (nSPS) is 22.6. The SMILES string of the molecule is CCCN.COc1ccc(CN(CC(=O)N2CCCC3CCCC[C@@H]32)C2CC2)c(OC)c1. The second kappa shape index (κ2) is 12.4. The van der Waals surface area contributed by atoms with Crippen molar-refractivity contribution in [1.82, 2.24) is 9.80 Å². The van der Waals surface area contributed by atoms with Crippen molar-refractivity contribution in [2.45, 2.75) is 83.3 Å². The molecule has 2 atom stereocenters. The topological polar surface area (TPSA) is 68.0 Å². The van der Waals surface area contributed by atoms with Crippen LogP contribution in [0.1, 0.15) is 70.3 Å². The summed E-state index contributed by atoms with van der Waals surface area (Å²) < 4.78 is 10.9. The molecular weight excluding hydrogens is 402 g/mol. The number of hydrogen-bond donors (Lipinski definition) is 1. The predicted molar refractivity (Wildman–Crippen MR) is 129 cm³/mol. The summed E-state index contributed by atoms with van der Waals surface area (Å²) in [5.41, 5.74) is 6.15. The molecule has 32 heavy (non-hydrogen) atoms. The molecule has 2 saturated carbocycles. The van der Waals surface area contributed by atoms with Crippen LogP contribution in [0.25, 0.3) is 0 Å². The molecule has 3 fully saturated rings. The van der Waals surface area contributed by atoms with E-state index < -0.39 is 0 Å². The Balaban J connectivity index is 0.000000668. The zero-order chi connectivity index (χ0) is 22.9. The molecule has 0 spiro atoms. The Morgan fingerprint density at radius 1 is 1.09 bits per heavy atom. The molecule has 2 aliphatic carbocycles. The molecule has 6 heteroatoms. The first-order valence-corrected chi connectivity index (χ1v) is 12.6. The molecule has 1 aromatic rings. The smallest absolute Gasteiger partial charge is 0.237 e. The van der Waals surface area contributed by atoms with Gasteiger partial charge in [0.1, 0.15) is 11.5 Å². The van der Waals surface area contributed by atoms with Gasteiger partial charge in [0.2, 0.25) is 5.91 Å². The van der Waals surface area contributed by atoms with E-state index in [4.69, 9.17) is 15.2 Å². The number of piperidine rings is 1. The molecule has 0 radical (unpaired) electrons. The number of hydrogen-bond acceptors (Lipinski definition) is 5. The number of carbonyl (C=O) groups is 1. The van der Waals surface area contributed by atoms with Gasteiger partial charge < -0.3 is 20.1 Å². The maximum Gasteiger partial charge on any atom is 0.237 e. The van der Waals surface area contributed by atoms with Gasteiger partial charge in [0.25, 0.3) is 0 Å². The highest BCUT2D eigenvalue weighted by Gasteiger charge is 2.38. The number of likely N-dealkylation sites (tertiary alicyclic amines) is 1. The lowest BCUT2D eigenvalue weighted by Crippen LogP contribution is -2.52. The Morgan fingerprint density at radius 3 is 2.47 bits per heavy atom. The van der Waals surface area contributed by atoms with Crippen LogP contribution in [0.3, 0.4) is 0 Å². The summed E-state index contributed by atoms with van der Waals surface area (Å²) in [6.45, 7) is 5.11. The van der Waals surface area contributed by atoms with Crippen molar-refractivity contribution in [1.29, 1.82) is 0 Å². The zero-order valence-electron chi connectivity index (χ0n) is 20.4. The van der Waals surface area contributed by atoms with Gasteiger partial charge in [0, 0.05) is 36.8 Å². The number of ether oxygens (including phenoxy) is 2. The summed E-state index contributed by atoms with van der Waals surface area (Å²) in [4.78, 5) is 17.9. The average molecular weight is 446 g/mol. The second-order valence-corrected chi connectivity index (χ2v) is 9.44. The molecule has 0 bridgehead atoms. The Bertz CT molecular complexity index is 718. The monoisotopic (exact) mass is 445 g/mol. The molecule has 180 valence electrons. The summed E-state index contributed by atoms with van der Waals surface area (Å²) in [6.07, 6.45) is 11.1. The molecule has 1 saturated heterocycles. The van der Waals surface area contributed by atoms with Gasteiger partial charge in [0.15, 0.2) is 0 Å². The number of rotatable bonds is 8. The number of methoxy groups -OCH3 is 2. The Hall–Kier alpha value is -1.79. The van der Waals surface area contributed by atoms with E-state index in [1.54, 1.807) is 14.2 Å². The van der Waals surface area contributed by atoms with Crippen LogP contribution >= 0.6 is 0 Å². The van der Waals surface area contributed by atoms with E-state index in [-0.39, 0.29) is 0 Å². The molecular formula is C26H43N3O3. The maximum atomic E-state index is 13.3. The number of fused-ring (bicyclic) bond motifs is 1. The van der Waals surface area contributed by atoms with Crippen molar-refractivity contribution in [3.8, 4) is 11.5 Å². The van der Waals surface area contributed by atoms with Crippen LogP contribution in [0, 0.1) is 5.92 Å². The number of amides is 1. The molecule has 4 rings (SSSR count). The Kier molecular flexibility index (Phi) is 9.67. The third-order valence-electron chi connectivity index (χ3n) is 7.12. The Morgan fingerprint density at radius 2 is 1.81 bits per heavy atom. The summed E-state index contributed by atoms with van der Waals surface area (Å²) in [5, 5.41) is 0. The van der Waals surface area contributed by atoms with Crippen molar-refractivity contribution >= 4 is 5.91 Å². The van der Waals surface area contributed by atoms with Gasteiger partial charge in [-0.3, -0.25) is 9.69 Å². The van der Waals surface area contributed by atoms with Crippen molar-refractivity contribution in [3.63, 3.8) is 0 Å². The largest absolute Gasteiger partial charge is 0.497 e. The lowest BCUT2D eigenvalue weighted by molar-refractivity contribution is -0.139. The van der Waals surface area contributed by atoms with Crippen LogP contribution in [0.5, 0.6) is 11.5 Å². The van der Waals surface area contributed by atoms with E-state index in [1.807, 2.05) is 12.1 Å². The first kappa shape index (κ1) is 24.8. The summed E-state index contributed by atoms with van der Waals surface area (Å²) >= 11 is 0. The molecule has 3 aliphatic rings. The van der Waals surface area contributed by atoms with E-state index in [0.29, 0.717) is 24.5 Å². The van der Waals surface area contributed by atoms with E-state index in [1.165, 1.54) is 51.4 Å². The predicted octanol–water partition coefficient (Wildman–Crippen LogP) is 4.20. The van der Waals surface area contributed by atoms with Crippen molar-refractivity contribution < 1.29 is 14.3 Å². The molecule has 2 N–H and O–H groups in total. The van der Waals surface area contributed by atoms with Crippen LogP contribution in [-0.4, -0.2) is 61.6 Å². The van der Waals surface area contributed by atoms with Crippen LogP contribution < -0.4 is 15.2 Å². The highest BCUT2D eigenvalue weighted by molar-refractivity contribution is 5.79. The van der Waals surface area contributed by atoms with Gasteiger partial charge in [-0.1, -0.05) is 25.8 Å². The van der Waals surface area contributed by atoms with Gasteiger partial charge >= 0.3 is 0 Å². The lowest BCUT2D eigenvalue weighted by Gasteiger charge is -2.44. The fraction of sp³-hybridized carbons (Fsp3) is 0.731. The average Bonchev–Trinajstić information content (AvgIpc) is 3.69. The fourth-order valence-corrected chi connectivity index (χ4v) is 5.15. The number of nitrogens with zero attached hydrogens (tertiary/aromatic N) is 2. The third-order valence-corrected chi connectivity index (χ3v) is 7.12. The van der Waals surface area contributed by atoms with Gasteiger partial charge in [-0.05, 0) is 63.5 Å². The van der Waals surface area contributed by atoms with Gasteiger partial charge in [0.05, 0.1) is 20.8 Å². The minimum atomic E-state index is 0.330. The van der Waals surface area contributed by atoms with Crippen molar-refractivity contribution in [2.75, 3.05) is 33.9 Å². The zero-order valence-corrected chi connectivity index (χ0v) is 20.4. The molecule has 0 aromatic heterocycles. The Labute approximate surface area is 194 Å². The number of carbonyl (C=O) groups excluding carboxylic acids is 1. The minimum Gasteiger partial charge on any atom is -0.497 e. The lowest BCUT2D eigenvalue weighted by atomic mass is 9.78. The van der Waals surface area contributed by atoms with Gasteiger partial charge in [-0.2, -0.15) is 0 Å². The van der Waals surface area contributed by atoms with E-state index in [2.05, 4.69) is 22.8 Å². The molecule has 1 unspecified atom stereocenters. The fourth-order valence-electron chi connectivity index (χ4n) is 5.15. The van der Waals surface area contributed by atoms with Crippen molar-refractivity contribution in [3.05, 3.63) is 23.8 Å². The van der Waals surface area contributed by atoms with Crippen molar-refractivity contribution in [2.24, 2.45) is 11.7 Å². The molecule has 1 aliphatic heterocycles. The first-order chi connectivity index (χ1) is 15.6. The van der Waals surface area contributed by atoms with Gasteiger partial charge in [-0.25, -0.2) is 0 Å². The van der Waals surface area contributed by atoms with E-state index in [9.17, 15) is 4.79 Å². The van der Waals surface area contributed by atoms with Crippen LogP contribution in [0.2, 0.25) is 0 Å². The standard InChI is InChI=1S/C23H34N2O3.C3H9N/c1-27-20-12-9-18(22(14-20)28-2)15-24(19-10-11-19)16-23(26)25-13-5-7-17-6-3-4-8-21(17)25;1-2-3-4/h9,12,14,17,19,21H,3-8,10-11,13,15-16H2,1-2H3;2-4H2,1H3/t17?,21-;/m0./s1. The molecule has 1 aromatic carbocycles. The maximum absolute atomic E-state index is 13.3. The highest BCUT2D eigenvalue weighted by atomic mass is 16.5. The quantitative estimate of drug-likeness (QED) is 0.649. The van der Waals surface area contributed by atoms with Gasteiger partial charge in [-0.15, -0.1) is 0 Å². The number of nitrogens with two attached hydrogens (primary N) is 1. The molecule has 1 amide bonds. The highest BCUT2D eigenvalue weighted by Crippen LogP contribution is 2.36. The number of benzene rings is 1. The molecule has 1 heterocycles. The van der Waals surface area contributed by atoms with Crippen LogP contribution in [0.15, 0.2) is 18.2 Å². The second-order valence-electron chi connectivity index (χ2n) is 9.44. The van der Waals surface area contributed by atoms with E-state index in [0.717, 1.165) is 49.0 Å².